The van der Waals surface area contributed by atoms with Crippen LogP contribution in [0.4, 0.5) is 0 Å². The van der Waals surface area contributed by atoms with Gasteiger partial charge in [0.2, 0.25) is 0 Å². The minimum absolute atomic E-state index is 0.484. The van der Waals surface area contributed by atoms with Gasteiger partial charge in [-0.05, 0) is 31.9 Å². The Morgan fingerprint density at radius 2 is 2.17 bits per heavy atom. The summed E-state index contributed by atoms with van der Waals surface area (Å²) in [6.45, 7) is 5.60. The van der Waals surface area contributed by atoms with Gasteiger partial charge >= 0.3 is 0 Å². The van der Waals surface area contributed by atoms with Crippen molar-refractivity contribution in [2.75, 3.05) is 26.3 Å². The van der Waals surface area contributed by atoms with Crippen LogP contribution in [-0.2, 0) is 4.74 Å². The van der Waals surface area contributed by atoms with Gasteiger partial charge in [0, 0.05) is 31.5 Å². The van der Waals surface area contributed by atoms with E-state index in [1.807, 2.05) is 6.20 Å². The second kappa shape index (κ2) is 5.31. The van der Waals surface area contributed by atoms with Crippen LogP contribution >= 0.6 is 0 Å². The molecule has 126 valence electrons. The van der Waals surface area contributed by atoms with Crippen LogP contribution in [0.25, 0.3) is 0 Å². The summed E-state index contributed by atoms with van der Waals surface area (Å²) in [5.74, 6) is 0. The van der Waals surface area contributed by atoms with E-state index in [-0.39, 0.29) is 0 Å². The number of hydrogen-bond donors (Lipinski definition) is 3. The van der Waals surface area contributed by atoms with E-state index in [9.17, 15) is 0 Å². The van der Waals surface area contributed by atoms with Crippen molar-refractivity contribution in [3.05, 3.63) is 46.6 Å². The zero-order valence-electron chi connectivity index (χ0n) is 13.8. The molecular formula is C17H22N6O. The number of hydrogen-bond acceptors (Lipinski definition) is 7. The molecule has 0 atom stereocenters. The number of allylic oxidation sites excluding steroid dienone is 2. The Kier molecular flexibility index (Phi) is 3.09. The number of ether oxygens (including phenoxy) is 1. The maximum atomic E-state index is 5.50. The van der Waals surface area contributed by atoms with Crippen molar-refractivity contribution < 1.29 is 4.74 Å². The van der Waals surface area contributed by atoms with Crippen molar-refractivity contribution in [2.24, 2.45) is 5.10 Å². The number of rotatable bonds is 2. The highest BCUT2D eigenvalue weighted by Gasteiger charge is 2.37. The van der Waals surface area contributed by atoms with E-state index in [1.165, 1.54) is 22.5 Å². The molecule has 7 nitrogen and oxygen atoms in total. The van der Waals surface area contributed by atoms with Crippen molar-refractivity contribution in [2.45, 2.75) is 25.8 Å². The smallest absolute Gasteiger partial charge is 0.0904 e. The average Bonchev–Trinajstić information content (AvgIpc) is 3.18. The van der Waals surface area contributed by atoms with Gasteiger partial charge in [0.25, 0.3) is 0 Å². The van der Waals surface area contributed by atoms with Gasteiger partial charge in [0.15, 0.2) is 0 Å². The Hall–Kier alpha value is -2.41. The largest absolute Gasteiger partial charge is 0.381 e. The fourth-order valence-electron chi connectivity index (χ4n) is 3.95. The van der Waals surface area contributed by atoms with Gasteiger partial charge < -0.3 is 15.6 Å². The number of hydrazone groups is 1. The molecule has 0 bridgehead atoms. The maximum Gasteiger partial charge on any atom is 0.0904 e. The normalized spacial score (nSPS) is 25.5. The zero-order chi connectivity index (χ0) is 16.1. The third-order valence-corrected chi connectivity index (χ3v) is 5.23. The van der Waals surface area contributed by atoms with Crippen molar-refractivity contribution in [3.8, 4) is 0 Å². The van der Waals surface area contributed by atoms with Crippen LogP contribution < -0.4 is 16.3 Å². The lowest BCUT2D eigenvalue weighted by molar-refractivity contribution is 0.0406. The summed E-state index contributed by atoms with van der Waals surface area (Å²) in [5, 5.41) is 9.35. The molecule has 0 radical (unpaired) electrons. The second-order valence-electron chi connectivity index (χ2n) is 6.56. The summed E-state index contributed by atoms with van der Waals surface area (Å²) in [4.78, 5) is 0. The number of nitrogens with zero attached hydrogens (tertiary/aromatic N) is 3. The minimum atomic E-state index is 0.484. The molecular weight excluding hydrogens is 304 g/mol. The van der Waals surface area contributed by atoms with Gasteiger partial charge in [0.05, 0.1) is 41.0 Å². The summed E-state index contributed by atoms with van der Waals surface area (Å²) >= 11 is 0. The van der Waals surface area contributed by atoms with Gasteiger partial charge in [0.1, 0.15) is 0 Å². The molecule has 0 aromatic carbocycles. The molecule has 2 fully saturated rings. The predicted molar refractivity (Wildman–Crippen MR) is 91.0 cm³/mol. The molecule has 4 heterocycles. The van der Waals surface area contributed by atoms with Crippen molar-refractivity contribution in [1.29, 1.82) is 0 Å². The van der Waals surface area contributed by atoms with E-state index in [2.05, 4.69) is 45.4 Å². The summed E-state index contributed by atoms with van der Waals surface area (Å²) in [6, 6.07) is 0.484. The zero-order valence-corrected chi connectivity index (χ0v) is 13.8. The van der Waals surface area contributed by atoms with Crippen LogP contribution in [-0.4, -0.2) is 48.1 Å². The van der Waals surface area contributed by atoms with Crippen molar-refractivity contribution >= 4 is 5.71 Å². The summed E-state index contributed by atoms with van der Waals surface area (Å²) in [6.07, 6.45) is 8.38. The van der Waals surface area contributed by atoms with Crippen molar-refractivity contribution in [1.82, 2.24) is 26.3 Å². The van der Waals surface area contributed by atoms with Gasteiger partial charge in [-0.25, -0.2) is 0 Å². The Morgan fingerprint density at radius 1 is 1.29 bits per heavy atom. The monoisotopic (exact) mass is 326 g/mol. The average molecular weight is 326 g/mol. The highest BCUT2D eigenvalue weighted by Crippen LogP contribution is 2.37. The van der Waals surface area contributed by atoms with E-state index in [4.69, 9.17) is 9.84 Å². The van der Waals surface area contributed by atoms with Crippen LogP contribution in [0.3, 0.4) is 0 Å². The predicted octanol–water partition coefficient (Wildman–Crippen LogP) is 0.704. The highest BCUT2D eigenvalue weighted by molar-refractivity contribution is 6.11. The molecule has 7 heteroatoms. The molecule has 5 rings (SSSR count). The number of likely N-dealkylation sites (N-methyl/N-ethyl adjacent to an activating group) is 1. The van der Waals surface area contributed by atoms with Gasteiger partial charge in [-0.1, -0.05) is 0 Å². The molecule has 0 aromatic rings. The van der Waals surface area contributed by atoms with Gasteiger partial charge in [-0.3, -0.25) is 15.4 Å². The molecule has 0 amide bonds. The van der Waals surface area contributed by atoms with E-state index in [0.717, 1.165) is 50.6 Å². The first-order chi connectivity index (χ1) is 11.8. The van der Waals surface area contributed by atoms with Crippen LogP contribution in [0.2, 0.25) is 0 Å². The fourth-order valence-corrected chi connectivity index (χ4v) is 3.95. The summed E-state index contributed by atoms with van der Waals surface area (Å²) in [7, 11) is 0. The van der Waals surface area contributed by atoms with Crippen molar-refractivity contribution in [3.63, 3.8) is 0 Å². The van der Waals surface area contributed by atoms with Crippen LogP contribution in [0.15, 0.2) is 51.7 Å². The van der Waals surface area contributed by atoms with Crippen LogP contribution in [0, 0.1) is 0 Å². The molecule has 4 aliphatic heterocycles. The Labute approximate surface area is 141 Å². The van der Waals surface area contributed by atoms with E-state index >= 15 is 0 Å². The molecule has 0 aromatic heterocycles. The Bertz CT molecular complexity index is 725. The lowest BCUT2D eigenvalue weighted by Gasteiger charge is -2.29. The first-order valence-electron chi connectivity index (χ1n) is 8.70. The topological polar surface area (TPSA) is 64.2 Å². The third kappa shape index (κ3) is 1.97. The third-order valence-electron chi connectivity index (χ3n) is 5.23. The van der Waals surface area contributed by atoms with Gasteiger partial charge in [-0.15, -0.1) is 0 Å². The standard InChI is InChI=1S/C17H22N6O/c1-2-22-15-9-18-19-14-4-3-13-12(17(21-22)16(14)15)10-23(20-13)11-5-7-24-8-6-11/h3-4,9,11,18-19,21H,2,5-8,10H2,1H3. The molecule has 1 aliphatic carbocycles. The minimum Gasteiger partial charge on any atom is -0.381 e. The van der Waals surface area contributed by atoms with Crippen LogP contribution in [0.5, 0.6) is 0 Å². The number of fused-ring (bicyclic) bond motifs is 1. The highest BCUT2D eigenvalue weighted by atomic mass is 16.5. The number of hydrazine groups is 2. The van der Waals surface area contributed by atoms with Gasteiger partial charge in [-0.2, -0.15) is 5.10 Å². The molecule has 0 spiro atoms. The Morgan fingerprint density at radius 3 is 3.00 bits per heavy atom. The molecule has 0 saturated carbocycles. The van der Waals surface area contributed by atoms with E-state index in [0.29, 0.717) is 6.04 Å². The summed E-state index contributed by atoms with van der Waals surface area (Å²) < 4.78 is 5.50. The summed E-state index contributed by atoms with van der Waals surface area (Å²) in [5.41, 5.74) is 17.0. The quantitative estimate of drug-likeness (QED) is 0.694. The molecule has 0 unspecified atom stereocenters. The van der Waals surface area contributed by atoms with E-state index < -0.39 is 0 Å². The maximum absolute atomic E-state index is 5.50. The lowest BCUT2D eigenvalue weighted by Crippen LogP contribution is -2.35. The second-order valence-corrected chi connectivity index (χ2v) is 6.56. The molecule has 24 heavy (non-hydrogen) atoms. The Balaban J connectivity index is 1.54. The fraction of sp³-hybridized carbons (Fsp3) is 0.471. The van der Waals surface area contributed by atoms with Crippen LogP contribution in [0.1, 0.15) is 19.8 Å². The first-order valence-corrected chi connectivity index (χ1v) is 8.70. The van der Waals surface area contributed by atoms with E-state index in [1.54, 1.807) is 0 Å². The molecule has 2 saturated heterocycles. The molecule has 5 aliphatic rings. The first kappa shape index (κ1) is 14.0. The molecule has 3 N–H and O–H groups in total. The SMILES string of the molecule is CCN1NC2=C3CN(C4CCOCC4)N=C3C=CC3=C2C1=CNN3. The lowest BCUT2D eigenvalue weighted by atomic mass is 10.0. The number of nitrogens with one attached hydrogen (secondary N) is 3.